The first-order valence-electron chi connectivity index (χ1n) is 9.26. The van der Waals surface area contributed by atoms with E-state index in [-0.39, 0.29) is 18.0 Å². The number of hydrogen-bond acceptors (Lipinski definition) is 8. The quantitative estimate of drug-likeness (QED) is 0.275. The van der Waals surface area contributed by atoms with Gasteiger partial charge in [0.15, 0.2) is 5.71 Å². The summed E-state index contributed by atoms with van der Waals surface area (Å²) < 4.78 is 5.81. The maximum atomic E-state index is 13.3. The van der Waals surface area contributed by atoms with E-state index >= 15 is 0 Å². The van der Waals surface area contributed by atoms with Crippen molar-refractivity contribution in [1.29, 1.82) is 0 Å². The lowest BCUT2D eigenvalue weighted by Crippen LogP contribution is -2.39. The van der Waals surface area contributed by atoms with Crippen LogP contribution in [0.2, 0.25) is 0 Å². The van der Waals surface area contributed by atoms with Gasteiger partial charge in [-0.3, -0.25) is 24.7 Å². The van der Waals surface area contributed by atoms with Gasteiger partial charge in [0.2, 0.25) is 5.91 Å². The highest BCUT2D eigenvalue weighted by Gasteiger charge is 2.59. The Bertz CT molecular complexity index is 1120. The number of nitro benzene ring substituents is 1. The lowest BCUT2D eigenvalue weighted by Gasteiger charge is -2.22. The van der Waals surface area contributed by atoms with Crippen LogP contribution in [0.5, 0.6) is 0 Å². The van der Waals surface area contributed by atoms with Crippen molar-refractivity contribution in [3.05, 3.63) is 63.1 Å². The number of benzene rings is 2. The normalized spacial score (nSPS) is 20.0. The number of non-ortho nitro benzene ring substituents is 1. The van der Waals surface area contributed by atoms with Crippen molar-refractivity contribution in [3.8, 4) is 0 Å². The fourth-order valence-corrected chi connectivity index (χ4v) is 3.84. The summed E-state index contributed by atoms with van der Waals surface area (Å²) in [6, 6.07) is 10.8. The van der Waals surface area contributed by atoms with Crippen molar-refractivity contribution < 1.29 is 24.0 Å². The number of imide groups is 1. The minimum absolute atomic E-state index is 0.0747. The maximum Gasteiger partial charge on any atom is 0.355 e. The number of esters is 1. The molecular formula is C20H15BrN4O6. The lowest BCUT2D eigenvalue weighted by atomic mass is 9.97. The predicted molar refractivity (Wildman–Crippen MR) is 114 cm³/mol. The van der Waals surface area contributed by atoms with E-state index < -0.39 is 34.7 Å². The summed E-state index contributed by atoms with van der Waals surface area (Å²) >= 11 is 3.31. The van der Waals surface area contributed by atoms with Gasteiger partial charge in [0.1, 0.15) is 12.0 Å². The Hall–Kier alpha value is -3.60. The second kappa shape index (κ2) is 7.91. The largest absolute Gasteiger partial charge is 0.461 e. The maximum absolute atomic E-state index is 13.3. The molecule has 0 bridgehead atoms. The molecular weight excluding hydrogens is 472 g/mol. The van der Waals surface area contributed by atoms with Crippen LogP contribution in [-0.2, 0) is 19.1 Å². The van der Waals surface area contributed by atoms with Gasteiger partial charge in [0.25, 0.3) is 11.6 Å². The molecule has 11 heteroatoms. The number of nitro groups is 1. The number of rotatable bonds is 5. The Morgan fingerprint density at radius 1 is 1.10 bits per heavy atom. The van der Waals surface area contributed by atoms with Gasteiger partial charge >= 0.3 is 5.97 Å². The van der Waals surface area contributed by atoms with Gasteiger partial charge in [0.05, 0.1) is 22.9 Å². The molecule has 10 nitrogen and oxygen atoms in total. The molecule has 1 fully saturated rings. The number of fused-ring (bicyclic) bond motifs is 1. The van der Waals surface area contributed by atoms with E-state index in [1.54, 1.807) is 31.2 Å². The summed E-state index contributed by atoms with van der Waals surface area (Å²) in [5.41, 5.74) is 0.376. The minimum atomic E-state index is -1.15. The van der Waals surface area contributed by atoms with Gasteiger partial charge in [-0.1, -0.05) is 15.9 Å². The Morgan fingerprint density at radius 2 is 1.71 bits per heavy atom. The first kappa shape index (κ1) is 20.7. The summed E-state index contributed by atoms with van der Waals surface area (Å²) in [6.07, 6.45) is 0. The lowest BCUT2D eigenvalue weighted by molar-refractivity contribution is -0.384. The van der Waals surface area contributed by atoms with E-state index in [1.165, 1.54) is 29.3 Å². The van der Waals surface area contributed by atoms with Crippen LogP contribution in [0.15, 0.2) is 58.1 Å². The van der Waals surface area contributed by atoms with Crippen LogP contribution in [0.1, 0.15) is 6.92 Å². The molecule has 0 unspecified atom stereocenters. The van der Waals surface area contributed by atoms with Gasteiger partial charge in [-0.05, 0) is 43.3 Å². The first-order valence-corrected chi connectivity index (χ1v) is 10.1. The fourth-order valence-electron chi connectivity index (χ4n) is 3.57. The third kappa shape index (κ3) is 3.46. The summed E-state index contributed by atoms with van der Waals surface area (Å²) in [5.74, 6) is -3.08. The third-order valence-corrected chi connectivity index (χ3v) is 5.47. The number of nitrogens with zero attached hydrogens (tertiary/aromatic N) is 4. The van der Waals surface area contributed by atoms with E-state index in [4.69, 9.17) is 4.74 Å². The average Bonchev–Trinajstić information content (AvgIpc) is 3.26. The molecule has 2 aliphatic heterocycles. The number of ether oxygens (including phenoxy) is 1. The van der Waals surface area contributed by atoms with Crippen molar-refractivity contribution in [1.82, 2.24) is 0 Å². The second-order valence-electron chi connectivity index (χ2n) is 6.73. The SMILES string of the molecule is CCOC(=O)C1=NN(c2ccc([N+](=O)[O-])cc2)[C@@H]2C(=O)N(c3ccc(Br)cc3)C(=O)[C@@H]12. The molecule has 1 saturated heterocycles. The van der Waals surface area contributed by atoms with Crippen LogP contribution in [0.3, 0.4) is 0 Å². The number of halogens is 1. The molecule has 0 aliphatic carbocycles. The summed E-state index contributed by atoms with van der Waals surface area (Å²) in [4.78, 5) is 50.4. The van der Waals surface area contributed by atoms with Crippen LogP contribution in [0.4, 0.5) is 17.1 Å². The van der Waals surface area contributed by atoms with Crippen LogP contribution in [0.25, 0.3) is 0 Å². The predicted octanol–water partition coefficient (Wildman–Crippen LogP) is 2.65. The van der Waals surface area contributed by atoms with Crippen molar-refractivity contribution >= 4 is 56.5 Å². The van der Waals surface area contributed by atoms with Crippen molar-refractivity contribution in [3.63, 3.8) is 0 Å². The molecule has 0 saturated carbocycles. The number of anilines is 2. The van der Waals surface area contributed by atoms with Crippen LogP contribution >= 0.6 is 15.9 Å². The van der Waals surface area contributed by atoms with E-state index in [0.717, 1.165) is 9.37 Å². The smallest absolute Gasteiger partial charge is 0.355 e. The van der Waals surface area contributed by atoms with Crippen molar-refractivity contribution in [2.45, 2.75) is 13.0 Å². The van der Waals surface area contributed by atoms with E-state index in [9.17, 15) is 24.5 Å². The molecule has 0 aromatic heterocycles. The van der Waals surface area contributed by atoms with Crippen molar-refractivity contribution in [2.24, 2.45) is 11.0 Å². The Labute approximate surface area is 184 Å². The van der Waals surface area contributed by atoms with Crippen molar-refractivity contribution in [2.75, 3.05) is 16.5 Å². The zero-order valence-corrected chi connectivity index (χ0v) is 17.7. The number of amides is 2. The third-order valence-electron chi connectivity index (χ3n) is 4.94. The van der Waals surface area contributed by atoms with E-state index in [0.29, 0.717) is 11.4 Å². The zero-order valence-electron chi connectivity index (χ0n) is 16.1. The van der Waals surface area contributed by atoms with Crippen LogP contribution in [0, 0.1) is 16.0 Å². The topological polar surface area (TPSA) is 122 Å². The number of carbonyl (C=O) groups excluding carboxylic acids is 3. The average molecular weight is 487 g/mol. The highest BCUT2D eigenvalue weighted by atomic mass is 79.9. The Morgan fingerprint density at radius 3 is 2.29 bits per heavy atom. The number of hydrogen-bond donors (Lipinski definition) is 0. The Balaban J connectivity index is 1.77. The minimum Gasteiger partial charge on any atom is -0.461 e. The Kier molecular flexibility index (Phi) is 5.27. The molecule has 2 heterocycles. The van der Waals surface area contributed by atoms with E-state index in [2.05, 4.69) is 21.0 Å². The molecule has 4 rings (SSSR count). The van der Waals surface area contributed by atoms with Gasteiger partial charge < -0.3 is 4.74 Å². The summed E-state index contributed by atoms with van der Waals surface area (Å²) in [6.45, 7) is 1.69. The van der Waals surface area contributed by atoms with Crippen LogP contribution in [-0.4, -0.2) is 41.1 Å². The van der Waals surface area contributed by atoms with Gasteiger partial charge in [-0.2, -0.15) is 5.10 Å². The summed E-state index contributed by atoms with van der Waals surface area (Å²) in [5, 5.41) is 16.4. The highest BCUT2D eigenvalue weighted by molar-refractivity contribution is 9.10. The molecule has 0 N–H and O–H groups in total. The molecule has 31 heavy (non-hydrogen) atoms. The molecule has 2 amide bonds. The summed E-state index contributed by atoms with van der Waals surface area (Å²) in [7, 11) is 0. The monoisotopic (exact) mass is 486 g/mol. The van der Waals surface area contributed by atoms with Crippen LogP contribution < -0.4 is 9.91 Å². The first-order chi connectivity index (χ1) is 14.8. The molecule has 158 valence electrons. The molecule has 2 aromatic rings. The zero-order chi connectivity index (χ0) is 22.3. The standard InChI is InChI=1S/C20H15BrN4O6/c1-2-31-20(28)16-15-17(24(22-16)13-7-9-14(10-8-13)25(29)30)19(27)23(18(15)26)12-5-3-11(21)4-6-12/h3-10,15,17H,2H2,1H3/t15-,17-/m0/s1. The molecule has 2 atom stereocenters. The second-order valence-corrected chi connectivity index (χ2v) is 7.65. The highest BCUT2D eigenvalue weighted by Crippen LogP contribution is 2.38. The fraction of sp³-hybridized carbons (Fsp3) is 0.200. The van der Waals surface area contributed by atoms with Gasteiger partial charge in [0, 0.05) is 16.6 Å². The number of hydrazone groups is 1. The van der Waals surface area contributed by atoms with Gasteiger partial charge in [-0.25, -0.2) is 9.69 Å². The molecule has 2 aliphatic rings. The molecule has 0 spiro atoms. The number of carbonyl (C=O) groups is 3. The van der Waals surface area contributed by atoms with E-state index in [1.807, 2.05) is 0 Å². The molecule has 2 aromatic carbocycles. The molecule has 0 radical (unpaired) electrons. The van der Waals surface area contributed by atoms with Gasteiger partial charge in [-0.15, -0.1) is 0 Å².